The molecule has 126 valence electrons. The van der Waals surface area contributed by atoms with Crippen molar-refractivity contribution in [3.63, 3.8) is 0 Å². The van der Waals surface area contributed by atoms with Gasteiger partial charge in [0.2, 0.25) is 0 Å². The average molecular weight is 339 g/mol. The number of hydrogen-bond donors (Lipinski definition) is 1. The molecule has 0 aromatic carbocycles. The predicted octanol–water partition coefficient (Wildman–Crippen LogP) is 2.87. The first-order valence-electron chi connectivity index (χ1n) is 8.04. The van der Waals surface area contributed by atoms with Crippen LogP contribution in [0.4, 0.5) is 10.6 Å². The second kappa shape index (κ2) is 6.15. The monoisotopic (exact) mass is 338 g/mol. The number of ether oxygens (including phenoxy) is 1. The van der Waals surface area contributed by atoms with E-state index in [2.05, 4.69) is 20.2 Å². The van der Waals surface area contributed by atoms with Gasteiger partial charge in [-0.3, -0.25) is 0 Å². The summed E-state index contributed by atoms with van der Waals surface area (Å²) >= 11 is 5.96. The normalized spacial score (nSPS) is 27.0. The number of halogens is 1. The third kappa shape index (κ3) is 3.86. The van der Waals surface area contributed by atoms with E-state index in [4.69, 9.17) is 16.3 Å². The van der Waals surface area contributed by atoms with Crippen molar-refractivity contribution in [1.29, 1.82) is 0 Å². The van der Waals surface area contributed by atoms with E-state index in [1.807, 2.05) is 20.8 Å². The lowest BCUT2D eigenvalue weighted by Crippen LogP contribution is -2.53. The first-order chi connectivity index (χ1) is 10.8. The number of nitrogens with zero attached hydrogens (tertiary/aromatic N) is 3. The number of aromatic nitrogens is 2. The summed E-state index contributed by atoms with van der Waals surface area (Å²) < 4.78 is 5.39. The van der Waals surface area contributed by atoms with Gasteiger partial charge in [-0.05, 0) is 45.4 Å². The fraction of sp³-hybridized carbons (Fsp3) is 0.688. The van der Waals surface area contributed by atoms with E-state index in [0.717, 1.165) is 31.7 Å². The van der Waals surface area contributed by atoms with Gasteiger partial charge >= 0.3 is 6.09 Å². The SMILES string of the molecule is CC(C)(C)OC(=O)N[C@@H]1C2CC[C@H]1CN(c1cc(Cl)ncn1)C2. The number of fused-ring (bicyclic) bond motifs is 2. The summed E-state index contributed by atoms with van der Waals surface area (Å²) in [5, 5.41) is 3.53. The lowest BCUT2D eigenvalue weighted by molar-refractivity contribution is 0.0472. The summed E-state index contributed by atoms with van der Waals surface area (Å²) in [5.74, 6) is 1.68. The molecule has 0 radical (unpaired) electrons. The highest BCUT2D eigenvalue weighted by atomic mass is 35.5. The highest BCUT2D eigenvalue weighted by Gasteiger charge is 2.43. The minimum absolute atomic E-state index is 0.179. The first kappa shape index (κ1) is 16.3. The highest BCUT2D eigenvalue weighted by Crippen LogP contribution is 2.38. The Morgan fingerprint density at radius 2 is 1.96 bits per heavy atom. The number of piperidine rings is 1. The van der Waals surface area contributed by atoms with E-state index in [1.165, 1.54) is 6.33 Å². The molecule has 3 rings (SSSR count). The van der Waals surface area contributed by atoms with E-state index < -0.39 is 5.60 Å². The van der Waals surface area contributed by atoms with Crippen LogP contribution in [0, 0.1) is 11.8 Å². The Bertz CT molecular complexity index is 576. The quantitative estimate of drug-likeness (QED) is 0.840. The molecule has 3 atom stereocenters. The third-order valence-corrected chi connectivity index (χ3v) is 4.67. The molecule has 2 heterocycles. The van der Waals surface area contributed by atoms with Crippen LogP contribution in [0.1, 0.15) is 33.6 Å². The van der Waals surface area contributed by atoms with Crippen LogP contribution in [0.15, 0.2) is 12.4 Å². The summed E-state index contributed by atoms with van der Waals surface area (Å²) in [4.78, 5) is 22.5. The molecule has 1 aliphatic heterocycles. The molecule has 2 aliphatic rings. The number of hydrogen-bond acceptors (Lipinski definition) is 5. The summed E-state index contributed by atoms with van der Waals surface area (Å²) in [6, 6.07) is 1.97. The van der Waals surface area contributed by atoms with Gasteiger partial charge in [-0.1, -0.05) is 11.6 Å². The summed E-state index contributed by atoms with van der Waals surface area (Å²) in [5.41, 5.74) is -0.471. The molecule has 0 spiro atoms. The molecular formula is C16H23ClN4O2. The predicted molar refractivity (Wildman–Crippen MR) is 88.6 cm³/mol. The summed E-state index contributed by atoms with van der Waals surface area (Å²) in [6.07, 6.45) is 3.39. The van der Waals surface area contributed by atoms with E-state index in [1.54, 1.807) is 6.07 Å². The summed E-state index contributed by atoms with van der Waals surface area (Å²) in [7, 11) is 0. The Kier molecular flexibility index (Phi) is 4.36. The standard InChI is InChI=1S/C16H23ClN4O2/c1-16(2,3)23-15(22)20-14-10-4-5-11(14)8-21(7-10)13-6-12(17)18-9-19-13/h6,9-11,14H,4-5,7-8H2,1-3H3,(H,20,22)/t10-,11?,14-/m0/s1. The molecule has 2 fully saturated rings. The van der Waals surface area contributed by atoms with Gasteiger partial charge in [-0.2, -0.15) is 0 Å². The van der Waals surface area contributed by atoms with Crippen LogP contribution in [0.3, 0.4) is 0 Å². The highest BCUT2D eigenvalue weighted by molar-refractivity contribution is 6.29. The molecule has 23 heavy (non-hydrogen) atoms. The maximum Gasteiger partial charge on any atom is 0.407 e. The number of carbonyl (C=O) groups excluding carboxylic acids is 1. The maximum absolute atomic E-state index is 12.1. The van der Waals surface area contributed by atoms with Gasteiger partial charge in [0, 0.05) is 25.2 Å². The maximum atomic E-state index is 12.1. The van der Waals surface area contributed by atoms with Crippen molar-refractivity contribution in [1.82, 2.24) is 15.3 Å². The van der Waals surface area contributed by atoms with Crippen molar-refractivity contribution in [2.75, 3.05) is 18.0 Å². The van der Waals surface area contributed by atoms with Crippen molar-refractivity contribution in [3.8, 4) is 0 Å². The van der Waals surface area contributed by atoms with Gasteiger partial charge in [0.15, 0.2) is 0 Å². The fourth-order valence-electron chi connectivity index (χ4n) is 3.59. The Morgan fingerprint density at radius 3 is 2.52 bits per heavy atom. The van der Waals surface area contributed by atoms with E-state index in [0.29, 0.717) is 17.0 Å². The van der Waals surface area contributed by atoms with Gasteiger partial charge in [0.05, 0.1) is 0 Å². The third-order valence-electron chi connectivity index (χ3n) is 4.46. The Balaban J connectivity index is 1.64. The largest absolute Gasteiger partial charge is 0.444 e. The van der Waals surface area contributed by atoms with E-state index >= 15 is 0 Å². The second-order valence-electron chi connectivity index (χ2n) is 7.37. The number of carbonyl (C=O) groups is 1. The molecule has 1 N–H and O–H groups in total. The van der Waals surface area contributed by atoms with Gasteiger partial charge in [-0.25, -0.2) is 14.8 Å². The van der Waals surface area contributed by atoms with Crippen molar-refractivity contribution in [3.05, 3.63) is 17.5 Å². The van der Waals surface area contributed by atoms with E-state index in [-0.39, 0.29) is 12.1 Å². The van der Waals surface area contributed by atoms with Crippen LogP contribution >= 0.6 is 11.6 Å². The number of amides is 1. The molecule has 1 saturated carbocycles. The van der Waals surface area contributed by atoms with Crippen LogP contribution in [0.5, 0.6) is 0 Å². The Labute approximate surface area is 141 Å². The van der Waals surface area contributed by atoms with Crippen LogP contribution in [0.25, 0.3) is 0 Å². The number of nitrogens with one attached hydrogen (secondary N) is 1. The lowest BCUT2D eigenvalue weighted by atomic mass is 9.92. The molecule has 1 aromatic rings. The molecule has 2 bridgehead atoms. The van der Waals surface area contributed by atoms with Gasteiger partial charge in [0.25, 0.3) is 0 Å². The fourth-order valence-corrected chi connectivity index (χ4v) is 3.73. The van der Waals surface area contributed by atoms with Gasteiger partial charge < -0.3 is 15.0 Å². The zero-order chi connectivity index (χ0) is 16.6. The first-order valence-corrected chi connectivity index (χ1v) is 8.41. The second-order valence-corrected chi connectivity index (χ2v) is 7.76. The van der Waals surface area contributed by atoms with Crippen LogP contribution in [-0.4, -0.2) is 40.8 Å². The minimum Gasteiger partial charge on any atom is -0.444 e. The zero-order valence-electron chi connectivity index (χ0n) is 13.8. The van der Waals surface area contributed by atoms with Crippen molar-refractivity contribution in [2.24, 2.45) is 11.8 Å². The minimum atomic E-state index is -0.471. The summed E-state index contributed by atoms with van der Waals surface area (Å²) in [6.45, 7) is 7.36. The molecule has 6 nitrogen and oxygen atoms in total. The van der Waals surface area contributed by atoms with Crippen molar-refractivity contribution >= 4 is 23.5 Å². The van der Waals surface area contributed by atoms with Crippen molar-refractivity contribution < 1.29 is 9.53 Å². The smallest absolute Gasteiger partial charge is 0.407 e. The lowest BCUT2D eigenvalue weighted by Gasteiger charge is -2.39. The van der Waals surface area contributed by atoms with Crippen molar-refractivity contribution in [2.45, 2.75) is 45.3 Å². The molecule has 1 unspecified atom stereocenters. The molecule has 1 aliphatic carbocycles. The van der Waals surface area contributed by atoms with Crippen LogP contribution < -0.4 is 10.2 Å². The van der Waals surface area contributed by atoms with Crippen LogP contribution in [0.2, 0.25) is 5.15 Å². The van der Waals surface area contributed by atoms with Gasteiger partial charge in [0.1, 0.15) is 22.9 Å². The average Bonchev–Trinajstić information content (AvgIpc) is 2.68. The Morgan fingerprint density at radius 1 is 1.30 bits per heavy atom. The molecule has 1 amide bonds. The topological polar surface area (TPSA) is 67.3 Å². The number of anilines is 1. The number of alkyl carbamates (subject to hydrolysis) is 1. The zero-order valence-corrected chi connectivity index (χ0v) is 14.5. The molecule has 1 saturated heterocycles. The van der Waals surface area contributed by atoms with Gasteiger partial charge in [-0.15, -0.1) is 0 Å². The van der Waals surface area contributed by atoms with E-state index in [9.17, 15) is 4.79 Å². The molecule has 1 aromatic heterocycles. The molecule has 7 heteroatoms. The molecular weight excluding hydrogens is 316 g/mol. The Hall–Kier alpha value is -1.56. The number of rotatable bonds is 2. The van der Waals surface area contributed by atoms with Crippen LogP contribution in [-0.2, 0) is 4.74 Å².